The topological polar surface area (TPSA) is 201 Å². The lowest BCUT2D eigenvalue weighted by molar-refractivity contribution is -0.327. The van der Waals surface area contributed by atoms with Gasteiger partial charge in [-0.15, -0.1) is 0 Å². The van der Waals surface area contributed by atoms with Crippen molar-refractivity contribution in [2.24, 2.45) is 0 Å². The highest BCUT2D eigenvalue weighted by atomic mass is 16.7. The van der Waals surface area contributed by atoms with Crippen LogP contribution < -0.4 is 0 Å². The van der Waals surface area contributed by atoms with E-state index >= 15 is 0 Å². The first-order valence-corrected chi connectivity index (χ1v) is 7.00. The normalized spacial score (nSPS) is 37.2. The van der Waals surface area contributed by atoms with Crippen LogP contribution in [-0.4, -0.2) is 121 Å². The van der Waals surface area contributed by atoms with E-state index in [1.165, 1.54) is 0 Å². The first kappa shape index (κ1) is 20.6. The minimum atomic E-state index is -1.85. The molecule has 0 bridgehead atoms. The molecule has 1 fully saturated rings. The summed E-state index contributed by atoms with van der Waals surface area (Å²) in [4.78, 5) is 0. The zero-order chi connectivity index (χ0) is 17.7. The molecule has 1 rings (SSSR count). The van der Waals surface area contributed by atoms with E-state index in [0.29, 0.717) is 0 Å². The van der Waals surface area contributed by atoms with Crippen LogP contribution in [0.1, 0.15) is 0 Å². The van der Waals surface area contributed by atoms with E-state index in [9.17, 15) is 30.6 Å². The summed E-state index contributed by atoms with van der Waals surface area (Å²) in [5.74, 6) is 0. The van der Waals surface area contributed by atoms with Crippen LogP contribution in [-0.2, 0) is 9.47 Å². The zero-order valence-corrected chi connectivity index (χ0v) is 12.2. The standard InChI is InChI=1S/C12H24O11/c13-1-4(16)7(18)11(5(17)2-14)23-12-10(21)9(20)8(19)6(3-15)22-12/h4-21H,1-3H2/t4?,5?,6?,7-,8-,9+,10?,11-,12+/m1/s1. The number of aliphatic hydroxyl groups is 9. The van der Waals surface area contributed by atoms with Crippen LogP contribution in [0.3, 0.4) is 0 Å². The van der Waals surface area contributed by atoms with Gasteiger partial charge in [-0.2, -0.15) is 0 Å². The molecule has 0 saturated carbocycles. The molecule has 0 aromatic carbocycles. The summed E-state index contributed by atoms with van der Waals surface area (Å²) >= 11 is 0. The summed E-state index contributed by atoms with van der Waals surface area (Å²) in [6.07, 6.45) is -15.1. The monoisotopic (exact) mass is 344 g/mol. The van der Waals surface area contributed by atoms with Crippen LogP contribution in [0.2, 0.25) is 0 Å². The predicted octanol–water partition coefficient (Wildman–Crippen LogP) is -5.76. The lowest BCUT2D eigenvalue weighted by Crippen LogP contribution is -2.61. The van der Waals surface area contributed by atoms with Crippen LogP contribution in [0.5, 0.6) is 0 Å². The Kier molecular flexibility index (Phi) is 8.20. The molecule has 0 amide bonds. The molecule has 1 aliphatic rings. The maximum atomic E-state index is 9.83. The van der Waals surface area contributed by atoms with E-state index in [2.05, 4.69) is 0 Å². The lowest BCUT2D eigenvalue weighted by atomic mass is 9.98. The van der Waals surface area contributed by atoms with E-state index < -0.39 is 74.9 Å². The van der Waals surface area contributed by atoms with Crippen LogP contribution in [0.4, 0.5) is 0 Å². The Morgan fingerprint density at radius 2 is 1.39 bits per heavy atom. The van der Waals surface area contributed by atoms with E-state index in [1.54, 1.807) is 0 Å². The first-order valence-electron chi connectivity index (χ1n) is 7.00. The van der Waals surface area contributed by atoms with Crippen LogP contribution in [0, 0.1) is 0 Å². The molecule has 23 heavy (non-hydrogen) atoms. The minimum absolute atomic E-state index is 0.708. The Labute approximate surface area is 131 Å². The van der Waals surface area contributed by atoms with Gasteiger partial charge in [-0.25, -0.2) is 0 Å². The minimum Gasteiger partial charge on any atom is -0.394 e. The first-order chi connectivity index (χ1) is 10.8. The maximum absolute atomic E-state index is 9.83. The third-order valence-electron chi connectivity index (χ3n) is 3.62. The molecule has 0 radical (unpaired) electrons. The molecule has 9 N–H and O–H groups in total. The Hall–Kier alpha value is -0.440. The molecular weight excluding hydrogens is 320 g/mol. The Bertz CT molecular complexity index is 341. The highest BCUT2D eigenvalue weighted by Crippen LogP contribution is 2.24. The quantitative estimate of drug-likeness (QED) is 0.203. The average molecular weight is 344 g/mol. The van der Waals surface area contributed by atoms with Crippen LogP contribution in [0.25, 0.3) is 0 Å². The second-order valence-corrected chi connectivity index (χ2v) is 5.29. The number of aliphatic hydroxyl groups excluding tert-OH is 9. The van der Waals surface area contributed by atoms with E-state index in [1.807, 2.05) is 0 Å². The van der Waals surface area contributed by atoms with Gasteiger partial charge in [0.05, 0.1) is 19.8 Å². The van der Waals surface area contributed by atoms with Gasteiger partial charge in [0.25, 0.3) is 0 Å². The molecule has 0 aromatic rings. The van der Waals surface area contributed by atoms with Gasteiger partial charge in [0.2, 0.25) is 0 Å². The molecule has 0 spiro atoms. The molecule has 1 heterocycles. The summed E-state index contributed by atoms with van der Waals surface area (Å²) in [6, 6.07) is 0. The summed E-state index contributed by atoms with van der Waals surface area (Å²) in [5.41, 5.74) is 0. The van der Waals surface area contributed by atoms with E-state index in [0.717, 1.165) is 0 Å². The van der Waals surface area contributed by atoms with Crippen LogP contribution in [0.15, 0.2) is 0 Å². The van der Waals surface area contributed by atoms with Gasteiger partial charge in [0, 0.05) is 0 Å². The second-order valence-electron chi connectivity index (χ2n) is 5.29. The largest absolute Gasteiger partial charge is 0.394 e. The number of hydrogen-bond acceptors (Lipinski definition) is 11. The van der Waals surface area contributed by atoms with Gasteiger partial charge in [-0.1, -0.05) is 0 Å². The number of ether oxygens (including phenoxy) is 2. The maximum Gasteiger partial charge on any atom is 0.187 e. The molecule has 138 valence electrons. The molecule has 11 heteroatoms. The molecule has 1 saturated heterocycles. The van der Waals surface area contributed by atoms with E-state index in [4.69, 9.17) is 24.8 Å². The Morgan fingerprint density at radius 1 is 0.826 bits per heavy atom. The van der Waals surface area contributed by atoms with Gasteiger partial charge in [-0.3, -0.25) is 0 Å². The third-order valence-corrected chi connectivity index (χ3v) is 3.62. The van der Waals surface area contributed by atoms with Crippen molar-refractivity contribution in [3.05, 3.63) is 0 Å². The predicted molar refractivity (Wildman–Crippen MR) is 70.8 cm³/mol. The molecular formula is C12H24O11. The Balaban J connectivity index is 2.89. The zero-order valence-electron chi connectivity index (χ0n) is 12.2. The van der Waals surface area contributed by atoms with Crippen molar-refractivity contribution in [3.8, 4) is 0 Å². The fourth-order valence-corrected chi connectivity index (χ4v) is 2.16. The van der Waals surface area contributed by atoms with Gasteiger partial charge < -0.3 is 55.4 Å². The van der Waals surface area contributed by atoms with Crippen molar-refractivity contribution in [2.45, 2.75) is 55.1 Å². The molecule has 9 atom stereocenters. The van der Waals surface area contributed by atoms with Crippen molar-refractivity contribution in [2.75, 3.05) is 19.8 Å². The Morgan fingerprint density at radius 3 is 1.87 bits per heavy atom. The molecule has 0 aliphatic carbocycles. The molecule has 1 aliphatic heterocycles. The van der Waals surface area contributed by atoms with Crippen molar-refractivity contribution < 1.29 is 55.4 Å². The highest BCUT2D eigenvalue weighted by molar-refractivity contribution is 4.91. The number of hydrogen-bond donors (Lipinski definition) is 9. The van der Waals surface area contributed by atoms with Crippen molar-refractivity contribution in [3.63, 3.8) is 0 Å². The average Bonchev–Trinajstić information content (AvgIpc) is 2.57. The highest BCUT2D eigenvalue weighted by Gasteiger charge is 2.46. The van der Waals surface area contributed by atoms with Gasteiger partial charge in [0.15, 0.2) is 6.29 Å². The molecule has 4 unspecified atom stereocenters. The van der Waals surface area contributed by atoms with Crippen LogP contribution >= 0.6 is 0 Å². The SMILES string of the molecule is OCC1O[C@@H](O[C@H](C(O)CO)[C@H](O)C(O)CO)C(O)[C@@H](O)[C@@H]1O. The number of rotatable bonds is 8. The summed E-state index contributed by atoms with van der Waals surface area (Å²) < 4.78 is 10.1. The van der Waals surface area contributed by atoms with Gasteiger partial charge in [0.1, 0.15) is 48.8 Å². The lowest BCUT2D eigenvalue weighted by Gasteiger charge is -2.42. The summed E-state index contributed by atoms with van der Waals surface area (Å²) in [5, 5.41) is 84.9. The fraction of sp³-hybridized carbons (Fsp3) is 1.00. The third kappa shape index (κ3) is 4.78. The van der Waals surface area contributed by atoms with Gasteiger partial charge in [-0.05, 0) is 0 Å². The van der Waals surface area contributed by atoms with Crippen molar-refractivity contribution >= 4 is 0 Å². The smallest absolute Gasteiger partial charge is 0.187 e. The summed E-state index contributed by atoms with van der Waals surface area (Å²) in [6.45, 7) is -2.45. The molecule has 11 nitrogen and oxygen atoms in total. The van der Waals surface area contributed by atoms with Crippen molar-refractivity contribution in [1.29, 1.82) is 0 Å². The van der Waals surface area contributed by atoms with Crippen molar-refractivity contribution in [1.82, 2.24) is 0 Å². The fourth-order valence-electron chi connectivity index (χ4n) is 2.16. The second kappa shape index (κ2) is 9.15. The molecule has 0 aromatic heterocycles. The van der Waals surface area contributed by atoms with E-state index in [-0.39, 0.29) is 0 Å². The summed E-state index contributed by atoms with van der Waals surface area (Å²) in [7, 11) is 0. The van der Waals surface area contributed by atoms with Gasteiger partial charge >= 0.3 is 0 Å².